The molecule has 2 aliphatic heterocycles. The van der Waals surface area contributed by atoms with Crippen molar-refractivity contribution in [1.82, 2.24) is 14.8 Å². The highest BCUT2D eigenvalue weighted by atomic mass is 19.1. The normalized spacial score (nSPS) is 22.7. The second-order valence-corrected chi connectivity index (χ2v) is 9.81. The van der Waals surface area contributed by atoms with Crippen molar-refractivity contribution in [3.63, 3.8) is 0 Å². The van der Waals surface area contributed by atoms with E-state index in [0.29, 0.717) is 19.6 Å². The minimum Gasteiger partial charge on any atom is -0.336 e. The largest absolute Gasteiger partial charge is 0.336 e. The second kappa shape index (κ2) is 9.57. The molecule has 2 amide bonds. The van der Waals surface area contributed by atoms with Crippen LogP contribution in [0.1, 0.15) is 55.7 Å². The number of nitrogens with zero attached hydrogens (tertiary/aromatic N) is 2. The minimum atomic E-state index is -0.441. The number of aromatic nitrogens is 1. The van der Waals surface area contributed by atoms with Crippen molar-refractivity contribution < 1.29 is 14.0 Å². The van der Waals surface area contributed by atoms with Gasteiger partial charge in [0, 0.05) is 48.8 Å². The molecule has 34 heavy (non-hydrogen) atoms. The molecular formula is C27H30FN3O3. The highest BCUT2D eigenvalue weighted by molar-refractivity contribution is 6.01. The standard InChI is InChI=1S/C27H30FN3O3/c28-22-10-5-4-9-20(22)14-23(29-26(33)19-7-2-1-3-8-19)27(34)30-15-18-13-21(17-30)24-11-6-12-25(32)31(24)16-18/h4-6,9-12,14,18-19,21H,1-3,7-8,13,15-17H2,(H,29,33)/b23-14-. The van der Waals surface area contributed by atoms with Gasteiger partial charge in [-0.25, -0.2) is 4.39 Å². The highest BCUT2D eigenvalue weighted by Crippen LogP contribution is 2.35. The molecule has 2 unspecified atom stereocenters. The van der Waals surface area contributed by atoms with Crippen LogP contribution in [-0.2, 0) is 16.1 Å². The topological polar surface area (TPSA) is 71.4 Å². The number of piperidine rings is 1. The number of carbonyl (C=O) groups excluding carboxylic acids is 2. The Morgan fingerprint density at radius 3 is 2.56 bits per heavy atom. The molecule has 178 valence electrons. The van der Waals surface area contributed by atoms with Gasteiger partial charge >= 0.3 is 0 Å². The van der Waals surface area contributed by atoms with Gasteiger partial charge in [0.1, 0.15) is 11.5 Å². The van der Waals surface area contributed by atoms with Crippen molar-refractivity contribution in [3.05, 3.63) is 75.6 Å². The first kappa shape index (κ1) is 22.6. The summed E-state index contributed by atoms with van der Waals surface area (Å²) in [5.41, 5.74) is 1.33. The number of pyridine rings is 1. The molecule has 2 aromatic rings. The molecule has 0 spiro atoms. The van der Waals surface area contributed by atoms with Crippen LogP contribution in [-0.4, -0.2) is 34.4 Å². The quantitative estimate of drug-likeness (QED) is 0.704. The van der Waals surface area contributed by atoms with Gasteiger partial charge in [0.2, 0.25) is 5.91 Å². The number of hydrogen-bond donors (Lipinski definition) is 1. The molecule has 1 aliphatic carbocycles. The number of likely N-dealkylation sites (tertiary alicyclic amines) is 1. The molecule has 3 heterocycles. The van der Waals surface area contributed by atoms with Crippen molar-refractivity contribution in [1.29, 1.82) is 0 Å². The van der Waals surface area contributed by atoms with Gasteiger partial charge in [-0.2, -0.15) is 0 Å². The molecule has 7 heteroatoms. The fourth-order valence-electron chi connectivity index (χ4n) is 5.73. The van der Waals surface area contributed by atoms with Crippen LogP contribution in [0.15, 0.2) is 53.0 Å². The summed E-state index contributed by atoms with van der Waals surface area (Å²) in [6, 6.07) is 11.5. The summed E-state index contributed by atoms with van der Waals surface area (Å²) in [5.74, 6) is -0.791. The Bertz CT molecular complexity index is 1180. The third-order valence-electron chi connectivity index (χ3n) is 7.44. The van der Waals surface area contributed by atoms with E-state index >= 15 is 0 Å². The molecule has 1 saturated heterocycles. The number of amides is 2. The summed E-state index contributed by atoms with van der Waals surface area (Å²) in [7, 11) is 0. The lowest BCUT2D eigenvalue weighted by Crippen LogP contribution is -2.51. The van der Waals surface area contributed by atoms with E-state index in [2.05, 4.69) is 5.32 Å². The molecule has 1 N–H and O–H groups in total. The Kier molecular flexibility index (Phi) is 6.35. The SMILES string of the molecule is O=C(N/C(=C\c1ccccc1F)C(=O)N1CC2CC(C1)c1cccc(=O)n1C2)C1CCCCC1. The van der Waals surface area contributed by atoms with Crippen LogP contribution in [0.2, 0.25) is 0 Å². The maximum absolute atomic E-state index is 14.4. The zero-order chi connectivity index (χ0) is 23.7. The lowest BCUT2D eigenvalue weighted by atomic mass is 9.83. The van der Waals surface area contributed by atoms with E-state index in [-0.39, 0.29) is 46.4 Å². The smallest absolute Gasteiger partial charge is 0.270 e. The number of hydrogen-bond acceptors (Lipinski definition) is 3. The molecule has 1 saturated carbocycles. The Morgan fingerprint density at radius 2 is 1.76 bits per heavy atom. The number of rotatable bonds is 4. The van der Waals surface area contributed by atoms with Crippen molar-refractivity contribution >= 4 is 17.9 Å². The molecule has 3 aliphatic rings. The zero-order valence-corrected chi connectivity index (χ0v) is 19.2. The molecule has 5 rings (SSSR count). The van der Waals surface area contributed by atoms with Gasteiger partial charge in [-0.1, -0.05) is 43.5 Å². The zero-order valence-electron chi connectivity index (χ0n) is 19.2. The van der Waals surface area contributed by atoms with Gasteiger partial charge in [-0.3, -0.25) is 14.4 Å². The Balaban J connectivity index is 1.42. The predicted molar refractivity (Wildman–Crippen MR) is 127 cm³/mol. The lowest BCUT2D eigenvalue weighted by Gasteiger charge is -2.43. The van der Waals surface area contributed by atoms with E-state index in [4.69, 9.17) is 0 Å². The summed E-state index contributed by atoms with van der Waals surface area (Å²) in [5, 5.41) is 2.86. The molecule has 1 aromatic carbocycles. The summed E-state index contributed by atoms with van der Waals surface area (Å²) in [4.78, 5) is 40.8. The monoisotopic (exact) mass is 463 g/mol. The van der Waals surface area contributed by atoms with E-state index in [1.54, 1.807) is 35.2 Å². The fourth-order valence-corrected chi connectivity index (χ4v) is 5.73. The summed E-state index contributed by atoms with van der Waals surface area (Å²) in [6.45, 7) is 1.55. The van der Waals surface area contributed by atoms with Crippen molar-refractivity contribution in [2.45, 2.75) is 51.0 Å². The van der Waals surface area contributed by atoms with Gasteiger partial charge in [0.25, 0.3) is 11.5 Å². The fraction of sp³-hybridized carbons (Fsp3) is 0.444. The first-order chi connectivity index (χ1) is 16.5. The number of carbonyl (C=O) groups is 2. The van der Waals surface area contributed by atoms with Crippen molar-refractivity contribution in [2.75, 3.05) is 13.1 Å². The third kappa shape index (κ3) is 4.56. The molecule has 1 aromatic heterocycles. The second-order valence-electron chi connectivity index (χ2n) is 9.81. The maximum atomic E-state index is 14.4. The molecule has 2 atom stereocenters. The number of benzene rings is 1. The Labute approximate surface area is 198 Å². The van der Waals surface area contributed by atoms with Crippen LogP contribution in [0.5, 0.6) is 0 Å². The number of nitrogens with one attached hydrogen (secondary N) is 1. The van der Waals surface area contributed by atoms with Gasteiger partial charge in [0.15, 0.2) is 0 Å². The molecule has 0 radical (unpaired) electrons. The molecule has 2 bridgehead atoms. The van der Waals surface area contributed by atoms with Crippen molar-refractivity contribution in [3.8, 4) is 0 Å². The Hall–Kier alpha value is -3.22. The summed E-state index contributed by atoms with van der Waals surface area (Å²) in [6.07, 6.45) is 7.15. The van der Waals surface area contributed by atoms with E-state index in [9.17, 15) is 18.8 Å². The Morgan fingerprint density at radius 1 is 0.971 bits per heavy atom. The third-order valence-corrected chi connectivity index (χ3v) is 7.44. The van der Waals surface area contributed by atoms with Crippen LogP contribution < -0.4 is 10.9 Å². The molecular weight excluding hydrogens is 433 g/mol. The average Bonchev–Trinajstić information content (AvgIpc) is 2.85. The van der Waals surface area contributed by atoms with Gasteiger partial charge < -0.3 is 14.8 Å². The van der Waals surface area contributed by atoms with Gasteiger partial charge in [-0.15, -0.1) is 0 Å². The molecule has 2 fully saturated rings. The number of halogens is 1. The molecule has 6 nitrogen and oxygen atoms in total. The van der Waals surface area contributed by atoms with Crippen LogP contribution in [0.4, 0.5) is 4.39 Å². The lowest BCUT2D eigenvalue weighted by molar-refractivity contribution is -0.133. The predicted octanol–water partition coefficient (Wildman–Crippen LogP) is 3.67. The van der Waals surface area contributed by atoms with E-state index in [0.717, 1.165) is 44.2 Å². The van der Waals surface area contributed by atoms with E-state index in [1.807, 2.05) is 10.6 Å². The van der Waals surface area contributed by atoms with Gasteiger partial charge in [-0.05, 0) is 43.4 Å². The van der Waals surface area contributed by atoms with Crippen molar-refractivity contribution in [2.24, 2.45) is 11.8 Å². The van der Waals surface area contributed by atoms with Gasteiger partial charge in [0.05, 0.1) is 0 Å². The minimum absolute atomic E-state index is 0.00754. The summed E-state index contributed by atoms with van der Waals surface area (Å²) < 4.78 is 16.2. The van der Waals surface area contributed by atoms with E-state index in [1.165, 1.54) is 12.1 Å². The van der Waals surface area contributed by atoms with Crippen LogP contribution in [0, 0.1) is 17.7 Å². The maximum Gasteiger partial charge on any atom is 0.270 e. The van der Waals surface area contributed by atoms with Crippen LogP contribution in [0.3, 0.4) is 0 Å². The van der Waals surface area contributed by atoms with Crippen LogP contribution >= 0.6 is 0 Å². The average molecular weight is 464 g/mol. The highest BCUT2D eigenvalue weighted by Gasteiger charge is 2.37. The first-order valence-corrected chi connectivity index (χ1v) is 12.3. The summed E-state index contributed by atoms with van der Waals surface area (Å²) >= 11 is 0. The number of fused-ring (bicyclic) bond motifs is 4. The first-order valence-electron chi connectivity index (χ1n) is 12.3. The van der Waals surface area contributed by atoms with Crippen LogP contribution in [0.25, 0.3) is 6.08 Å². The van der Waals surface area contributed by atoms with E-state index < -0.39 is 5.82 Å².